The number of fused-ring (bicyclic) bond motifs is 1. The van der Waals surface area contributed by atoms with E-state index < -0.39 is 15.7 Å². The van der Waals surface area contributed by atoms with Crippen molar-refractivity contribution < 1.29 is 12.8 Å². The molecular weight excluding hydrogens is 318 g/mol. The zero-order chi connectivity index (χ0) is 15.0. The van der Waals surface area contributed by atoms with Gasteiger partial charge in [-0.25, -0.2) is 17.9 Å². The minimum Gasteiger partial charge on any atom is -0.468 e. The summed E-state index contributed by atoms with van der Waals surface area (Å²) in [6.45, 7) is 0.00730. The highest BCUT2D eigenvalue weighted by Crippen LogP contribution is 2.25. The molecule has 110 valence electrons. The van der Waals surface area contributed by atoms with Gasteiger partial charge in [-0.05, 0) is 24.3 Å². The lowest BCUT2D eigenvalue weighted by Crippen LogP contribution is -2.23. The maximum Gasteiger partial charge on any atom is 0.323 e. The van der Waals surface area contributed by atoms with Crippen LogP contribution in [-0.4, -0.2) is 18.4 Å². The first-order chi connectivity index (χ1) is 9.95. The fraction of sp³-hybridized carbons (Fsp3) is 0.0833. The van der Waals surface area contributed by atoms with Gasteiger partial charge in [0.15, 0.2) is 0 Å². The van der Waals surface area contributed by atoms with Crippen molar-refractivity contribution in [1.29, 1.82) is 0 Å². The van der Waals surface area contributed by atoms with Crippen LogP contribution in [-0.2, 0) is 16.6 Å². The van der Waals surface area contributed by atoms with Gasteiger partial charge in [0.2, 0.25) is 10.0 Å². The van der Waals surface area contributed by atoms with Gasteiger partial charge >= 0.3 is 5.69 Å². The number of aromatic nitrogens is 2. The van der Waals surface area contributed by atoms with Crippen molar-refractivity contribution in [1.82, 2.24) is 14.7 Å². The molecule has 0 atom stereocenters. The Labute approximate surface area is 124 Å². The van der Waals surface area contributed by atoms with Crippen molar-refractivity contribution in [3.8, 4) is 0 Å². The quantitative estimate of drug-likeness (QED) is 0.676. The van der Waals surface area contributed by atoms with Crippen LogP contribution in [0.1, 0.15) is 5.76 Å². The summed E-state index contributed by atoms with van der Waals surface area (Å²) in [7, 11) is -3.83. The second-order valence-corrected chi connectivity index (χ2v) is 6.45. The van der Waals surface area contributed by atoms with Crippen molar-refractivity contribution in [3.05, 3.63) is 51.8 Å². The number of furan rings is 1. The lowest BCUT2D eigenvalue weighted by atomic mass is 10.3. The van der Waals surface area contributed by atoms with Gasteiger partial charge in [0.1, 0.15) is 10.7 Å². The Balaban J connectivity index is 1.97. The van der Waals surface area contributed by atoms with Gasteiger partial charge in [0.25, 0.3) is 0 Å². The normalized spacial score (nSPS) is 12.0. The summed E-state index contributed by atoms with van der Waals surface area (Å²) in [5, 5.41) is 0.0182. The monoisotopic (exact) mass is 327 g/mol. The first-order valence-electron chi connectivity index (χ1n) is 5.89. The van der Waals surface area contributed by atoms with Crippen LogP contribution in [0.25, 0.3) is 11.0 Å². The van der Waals surface area contributed by atoms with Crippen LogP contribution in [0.15, 0.2) is 44.6 Å². The summed E-state index contributed by atoms with van der Waals surface area (Å²) < 4.78 is 32.0. The molecule has 0 unspecified atom stereocenters. The summed E-state index contributed by atoms with van der Waals surface area (Å²) in [5.41, 5.74) is 0.372. The van der Waals surface area contributed by atoms with Gasteiger partial charge in [0, 0.05) is 0 Å². The highest BCUT2D eigenvalue weighted by molar-refractivity contribution is 7.89. The number of H-pyrrole nitrogens is 2. The number of imidazole rings is 1. The van der Waals surface area contributed by atoms with Crippen LogP contribution in [0.2, 0.25) is 5.02 Å². The molecule has 3 N–H and O–H groups in total. The molecule has 21 heavy (non-hydrogen) atoms. The predicted molar refractivity (Wildman–Crippen MR) is 76.7 cm³/mol. The van der Waals surface area contributed by atoms with Crippen molar-refractivity contribution >= 4 is 32.7 Å². The molecule has 0 aliphatic rings. The average molecular weight is 328 g/mol. The van der Waals surface area contributed by atoms with Crippen LogP contribution >= 0.6 is 11.6 Å². The Kier molecular flexibility index (Phi) is 3.36. The molecule has 0 bridgehead atoms. The van der Waals surface area contributed by atoms with Gasteiger partial charge in [-0.3, -0.25) is 0 Å². The van der Waals surface area contributed by atoms with E-state index in [1.165, 1.54) is 18.4 Å². The number of hydrogen-bond donors (Lipinski definition) is 3. The van der Waals surface area contributed by atoms with Gasteiger partial charge in [-0.2, -0.15) is 0 Å². The molecule has 0 saturated carbocycles. The third-order valence-electron chi connectivity index (χ3n) is 2.87. The lowest BCUT2D eigenvalue weighted by molar-refractivity contribution is 0.498. The van der Waals surface area contributed by atoms with E-state index in [4.69, 9.17) is 16.0 Å². The number of benzene rings is 1. The molecule has 2 heterocycles. The van der Waals surface area contributed by atoms with Crippen LogP contribution in [0.4, 0.5) is 0 Å². The highest BCUT2D eigenvalue weighted by Gasteiger charge is 2.19. The zero-order valence-electron chi connectivity index (χ0n) is 10.5. The molecule has 9 heteroatoms. The van der Waals surface area contributed by atoms with E-state index in [1.807, 2.05) is 0 Å². The Hall–Kier alpha value is -2.03. The number of sulfonamides is 1. The molecule has 0 spiro atoms. The SMILES string of the molecule is O=c1[nH]c2cc(Cl)c(S(=O)(=O)NCc3ccco3)cc2[nH]1. The fourth-order valence-corrected chi connectivity index (χ4v) is 3.44. The maximum absolute atomic E-state index is 12.3. The minimum absolute atomic E-state index is 0.00730. The number of halogens is 1. The van der Waals surface area contributed by atoms with Crippen LogP contribution < -0.4 is 10.4 Å². The maximum atomic E-state index is 12.3. The summed E-state index contributed by atoms with van der Waals surface area (Å²) in [4.78, 5) is 16.1. The topological polar surface area (TPSA) is 108 Å². The largest absolute Gasteiger partial charge is 0.468 e. The van der Waals surface area contributed by atoms with E-state index in [-0.39, 0.29) is 16.5 Å². The molecule has 0 amide bonds. The first-order valence-corrected chi connectivity index (χ1v) is 7.75. The van der Waals surface area contributed by atoms with Crippen LogP contribution in [0.5, 0.6) is 0 Å². The first kappa shape index (κ1) is 13.9. The molecule has 1 aromatic carbocycles. The molecular formula is C12H10ClN3O4S. The Morgan fingerprint density at radius 2 is 1.95 bits per heavy atom. The molecule has 0 radical (unpaired) electrons. The molecule has 7 nitrogen and oxygen atoms in total. The van der Waals surface area contributed by atoms with E-state index in [2.05, 4.69) is 14.7 Å². The van der Waals surface area contributed by atoms with Crippen molar-refractivity contribution in [2.45, 2.75) is 11.4 Å². The summed E-state index contributed by atoms with van der Waals surface area (Å²) in [6.07, 6.45) is 1.45. The zero-order valence-corrected chi connectivity index (χ0v) is 12.1. The molecule has 0 fully saturated rings. The minimum atomic E-state index is -3.83. The number of rotatable bonds is 4. The summed E-state index contributed by atoms with van der Waals surface area (Å²) in [6, 6.07) is 6.00. The Morgan fingerprint density at radius 3 is 2.62 bits per heavy atom. The Bertz CT molecular complexity index is 941. The average Bonchev–Trinajstić information content (AvgIpc) is 3.03. The van der Waals surface area contributed by atoms with Gasteiger partial charge in [0.05, 0.1) is 28.9 Å². The molecule has 2 aromatic heterocycles. The number of aromatic amines is 2. The third-order valence-corrected chi connectivity index (χ3v) is 4.74. The van der Waals surface area contributed by atoms with E-state index in [0.29, 0.717) is 16.8 Å². The molecule has 3 rings (SSSR count). The fourth-order valence-electron chi connectivity index (χ4n) is 1.90. The second-order valence-electron chi connectivity index (χ2n) is 4.31. The highest BCUT2D eigenvalue weighted by atomic mass is 35.5. The number of hydrogen-bond acceptors (Lipinski definition) is 4. The lowest BCUT2D eigenvalue weighted by Gasteiger charge is -2.07. The second kappa shape index (κ2) is 5.06. The van der Waals surface area contributed by atoms with E-state index in [0.717, 1.165) is 0 Å². The Morgan fingerprint density at radius 1 is 1.24 bits per heavy atom. The standard InChI is InChI=1S/C12H10ClN3O4S/c13-8-4-9-10(16-12(17)15-9)5-11(8)21(18,19)14-6-7-2-1-3-20-7/h1-5,14H,6H2,(H2,15,16,17). The molecule has 3 aromatic rings. The van der Waals surface area contributed by atoms with Crippen molar-refractivity contribution in [2.24, 2.45) is 0 Å². The van der Waals surface area contributed by atoms with E-state index >= 15 is 0 Å². The van der Waals surface area contributed by atoms with Gasteiger partial charge < -0.3 is 14.4 Å². The number of nitrogens with one attached hydrogen (secondary N) is 3. The predicted octanol–water partition coefficient (Wildman–Crippen LogP) is 1.58. The summed E-state index contributed by atoms with van der Waals surface area (Å²) in [5.74, 6) is 0.478. The van der Waals surface area contributed by atoms with Gasteiger partial charge in [-0.1, -0.05) is 11.6 Å². The van der Waals surface area contributed by atoms with Crippen molar-refractivity contribution in [3.63, 3.8) is 0 Å². The molecule has 0 aliphatic carbocycles. The van der Waals surface area contributed by atoms with Crippen molar-refractivity contribution in [2.75, 3.05) is 0 Å². The molecule has 0 aliphatic heterocycles. The van der Waals surface area contributed by atoms with E-state index in [1.54, 1.807) is 12.1 Å². The third kappa shape index (κ3) is 2.73. The molecule has 0 saturated heterocycles. The van der Waals surface area contributed by atoms with Crippen LogP contribution in [0.3, 0.4) is 0 Å². The smallest absolute Gasteiger partial charge is 0.323 e. The van der Waals surface area contributed by atoms with E-state index in [9.17, 15) is 13.2 Å². The van der Waals surface area contributed by atoms with Crippen LogP contribution in [0, 0.1) is 0 Å². The summed E-state index contributed by atoms with van der Waals surface area (Å²) >= 11 is 5.98. The van der Waals surface area contributed by atoms with Gasteiger partial charge in [-0.15, -0.1) is 0 Å².